The van der Waals surface area contributed by atoms with Gasteiger partial charge in [0.25, 0.3) is 11.6 Å². The molecule has 0 bridgehead atoms. The number of hydrogen-bond donors (Lipinski definition) is 2. The fourth-order valence-electron chi connectivity index (χ4n) is 1.53. The molecular weight excluding hydrogens is 271 g/mol. The van der Waals surface area contributed by atoms with E-state index in [2.05, 4.69) is 5.32 Å². The van der Waals surface area contributed by atoms with Crippen molar-refractivity contribution in [2.75, 3.05) is 0 Å². The van der Waals surface area contributed by atoms with Crippen LogP contribution in [0.25, 0.3) is 0 Å². The smallest absolute Gasteiger partial charge is 0.303 e. The molecule has 0 heterocycles. The summed E-state index contributed by atoms with van der Waals surface area (Å²) in [6.45, 7) is 1.59. The molecule has 0 fully saturated rings. The van der Waals surface area contributed by atoms with Crippen LogP contribution in [0, 0.1) is 15.9 Å². The number of carboxylic acids is 1. The van der Waals surface area contributed by atoms with Crippen molar-refractivity contribution in [3.05, 3.63) is 39.7 Å². The second-order valence-electron chi connectivity index (χ2n) is 4.26. The van der Waals surface area contributed by atoms with Gasteiger partial charge in [-0.25, -0.2) is 4.39 Å². The molecule has 7 nitrogen and oxygen atoms in total. The van der Waals surface area contributed by atoms with E-state index < -0.39 is 34.3 Å². The molecule has 0 spiro atoms. The molecular formula is C12H13FN2O5. The number of nitro groups is 1. The molecule has 0 saturated carbocycles. The Hall–Kier alpha value is -2.51. The third kappa shape index (κ3) is 4.63. The van der Waals surface area contributed by atoms with Crippen molar-refractivity contribution in [1.29, 1.82) is 0 Å². The first-order chi connectivity index (χ1) is 9.29. The fraction of sp³-hybridized carbons (Fsp3) is 0.333. The van der Waals surface area contributed by atoms with E-state index in [0.29, 0.717) is 6.07 Å². The summed E-state index contributed by atoms with van der Waals surface area (Å²) >= 11 is 0. The predicted octanol–water partition coefficient (Wildman–Crippen LogP) is 1.72. The van der Waals surface area contributed by atoms with Gasteiger partial charge in [0.15, 0.2) is 0 Å². The van der Waals surface area contributed by atoms with Crippen molar-refractivity contribution in [1.82, 2.24) is 5.32 Å². The number of benzene rings is 1. The highest BCUT2D eigenvalue weighted by Gasteiger charge is 2.16. The van der Waals surface area contributed by atoms with Gasteiger partial charge in [0.1, 0.15) is 5.82 Å². The number of rotatable bonds is 6. The van der Waals surface area contributed by atoms with E-state index in [-0.39, 0.29) is 18.4 Å². The lowest BCUT2D eigenvalue weighted by Crippen LogP contribution is -2.33. The van der Waals surface area contributed by atoms with Crippen LogP contribution in [0.3, 0.4) is 0 Å². The van der Waals surface area contributed by atoms with Crippen LogP contribution in [0.15, 0.2) is 18.2 Å². The van der Waals surface area contributed by atoms with Gasteiger partial charge in [0.05, 0.1) is 11.0 Å². The maximum atomic E-state index is 13.2. The van der Waals surface area contributed by atoms with Crippen LogP contribution in [0.2, 0.25) is 0 Å². The summed E-state index contributed by atoms with van der Waals surface area (Å²) in [5.74, 6) is -2.57. The Morgan fingerprint density at radius 2 is 2.10 bits per heavy atom. The van der Waals surface area contributed by atoms with Gasteiger partial charge >= 0.3 is 5.97 Å². The summed E-state index contributed by atoms with van der Waals surface area (Å²) in [6, 6.07) is 2.11. The van der Waals surface area contributed by atoms with Gasteiger partial charge in [0.2, 0.25) is 0 Å². The van der Waals surface area contributed by atoms with Crippen molar-refractivity contribution in [2.24, 2.45) is 0 Å². The molecule has 20 heavy (non-hydrogen) atoms. The molecule has 0 aromatic heterocycles. The zero-order chi connectivity index (χ0) is 15.3. The molecule has 0 saturated heterocycles. The lowest BCUT2D eigenvalue weighted by molar-refractivity contribution is -0.385. The second kappa shape index (κ2) is 6.60. The minimum atomic E-state index is -0.993. The third-order valence-corrected chi connectivity index (χ3v) is 2.52. The van der Waals surface area contributed by atoms with Crippen molar-refractivity contribution in [2.45, 2.75) is 25.8 Å². The summed E-state index contributed by atoms with van der Waals surface area (Å²) < 4.78 is 13.2. The fourth-order valence-corrected chi connectivity index (χ4v) is 1.53. The number of carboxylic acid groups (broad SMARTS) is 1. The number of non-ortho nitro benzene ring substituents is 1. The van der Waals surface area contributed by atoms with Crippen LogP contribution >= 0.6 is 0 Å². The Morgan fingerprint density at radius 1 is 1.45 bits per heavy atom. The third-order valence-electron chi connectivity index (χ3n) is 2.52. The van der Waals surface area contributed by atoms with Gasteiger partial charge in [-0.1, -0.05) is 0 Å². The molecule has 1 atom stereocenters. The first-order valence-corrected chi connectivity index (χ1v) is 5.77. The minimum absolute atomic E-state index is 0.120. The van der Waals surface area contributed by atoms with E-state index in [1.165, 1.54) is 0 Å². The molecule has 2 N–H and O–H groups in total. The van der Waals surface area contributed by atoms with Crippen molar-refractivity contribution < 1.29 is 24.0 Å². The number of aliphatic carboxylic acids is 1. The van der Waals surface area contributed by atoms with Crippen LogP contribution in [0.5, 0.6) is 0 Å². The molecule has 108 valence electrons. The topological polar surface area (TPSA) is 110 Å². The van der Waals surface area contributed by atoms with E-state index in [0.717, 1.165) is 12.1 Å². The van der Waals surface area contributed by atoms with Gasteiger partial charge in [-0.3, -0.25) is 19.7 Å². The van der Waals surface area contributed by atoms with Gasteiger partial charge in [-0.2, -0.15) is 0 Å². The van der Waals surface area contributed by atoms with Crippen LogP contribution in [-0.4, -0.2) is 27.9 Å². The zero-order valence-electron chi connectivity index (χ0n) is 10.6. The summed E-state index contributed by atoms with van der Waals surface area (Å²) in [4.78, 5) is 31.9. The Balaban J connectivity index is 2.77. The number of nitrogens with one attached hydrogen (secondary N) is 1. The average molecular weight is 284 g/mol. The zero-order valence-corrected chi connectivity index (χ0v) is 10.6. The van der Waals surface area contributed by atoms with E-state index in [4.69, 9.17) is 5.11 Å². The van der Waals surface area contributed by atoms with Crippen LogP contribution in [0.1, 0.15) is 30.1 Å². The Labute approximate surface area is 113 Å². The number of carbonyl (C=O) groups is 2. The molecule has 0 aliphatic heterocycles. The lowest BCUT2D eigenvalue weighted by Gasteiger charge is -2.12. The molecule has 0 aliphatic carbocycles. The highest BCUT2D eigenvalue weighted by atomic mass is 19.1. The number of hydrogen-bond acceptors (Lipinski definition) is 4. The first-order valence-electron chi connectivity index (χ1n) is 5.77. The van der Waals surface area contributed by atoms with E-state index in [1.807, 2.05) is 0 Å². The molecule has 1 amide bonds. The monoisotopic (exact) mass is 284 g/mol. The van der Waals surface area contributed by atoms with Gasteiger partial charge in [-0.15, -0.1) is 0 Å². The maximum absolute atomic E-state index is 13.2. The number of carbonyl (C=O) groups excluding carboxylic acids is 1. The SMILES string of the molecule is CC(CCC(=O)O)NC(=O)c1cc(F)cc([N+](=O)[O-])c1. The highest BCUT2D eigenvalue weighted by molar-refractivity contribution is 5.95. The van der Waals surface area contributed by atoms with Crippen LogP contribution in [0.4, 0.5) is 10.1 Å². The Morgan fingerprint density at radius 3 is 2.65 bits per heavy atom. The standard InChI is InChI=1S/C12H13FN2O5/c1-7(2-3-11(16)17)14-12(18)8-4-9(13)6-10(5-8)15(19)20/h4-7H,2-3H2,1H3,(H,14,18)(H,16,17). The van der Waals surface area contributed by atoms with E-state index >= 15 is 0 Å². The van der Waals surface area contributed by atoms with E-state index in [1.54, 1.807) is 6.92 Å². The van der Waals surface area contributed by atoms with Gasteiger partial charge in [0, 0.05) is 24.1 Å². The van der Waals surface area contributed by atoms with Crippen molar-refractivity contribution in [3.8, 4) is 0 Å². The largest absolute Gasteiger partial charge is 0.481 e. The van der Waals surface area contributed by atoms with Gasteiger partial charge in [-0.05, 0) is 19.4 Å². The van der Waals surface area contributed by atoms with Crippen LogP contribution < -0.4 is 5.32 Å². The number of nitro benzene ring substituents is 1. The molecule has 1 unspecified atom stereocenters. The number of halogens is 1. The van der Waals surface area contributed by atoms with E-state index in [9.17, 15) is 24.1 Å². The normalized spacial score (nSPS) is 11.7. The molecule has 1 rings (SSSR count). The predicted molar refractivity (Wildman–Crippen MR) is 66.9 cm³/mol. The van der Waals surface area contributed by atoms with Crippen molar-refractivity contribution >= 4 is 17.6 Å². The number of amides is 1. The molecule has 0 radical (unpaired) electrons. The Bertz CT molecular complexity index is 547. The maximum Gasteiger partial charge on any atom is 0.303 e. The second-order valence-corrected chi connectivity index (χ2v) is 4.26. The summed E-state index contributed by atoms with van der Waals surface area (Å²) in [6.07, 6.45) is 0.0865. The highest BCUT2D eigenvalue weighted by Crippen LogP contribution is 2.16. The molecule has 0 aliphatic rings. The minimum Gasteiger partial charge on any atom is -0.481 e. The number of nitrogens with zero attached hydrogens (tertiary/aromatic N) is 1. The molecule has 1 aromatic carbocycles. The molecule has 1 aromatic rings. The summed E-state index contributed by atoms with van der Waals surface area (Å²) in [7, 11) is 0. The first kappa shape index (κ1) is 15.5. The molecule has 8 heteroatoms. The Kier molecular flexibility index (Phi) is 5.13. The average Bonchev–Trinajstić information content (AvgIpc) is 2.35. The summed E-state index contributed by atoms with van der Waals surface area (Å²) in [5.41, 5.74) is -0.702. The quantitative estimate of drug-likeness (QED) is 0.610. The van der Waals surface area contributed by atoms with Crippen molar-refractivity contribution in [3.63, 3.8) is 0 Å². The van der Waals surface area contributed by atoms with Crippen LogP contribution in [-0.2, 0) is 4.79 Å². The van der Waals surface area contributed by atoms with Gasteiger partial charge < -0.3 is 10.4 Å². The lowest BCUT2D eigenvalue weighted by atomic mass is 10.1. The summed E-state index contributed by atoms with van der Waals surface area (Å²) in [5, 5.41) is 21.5.